The zero-order chi connectivity index (χ0) is 19.5. The quantitative estimate of drug-likeness (QED) is 0.727. The van der Waals surface area contributed by atoms with Crippen LogP contribution in [0, 0.1) is 5.82 Å². The van der Waals surface area contributed by atoms with Crippen LogP contribution >= 0.6 is 0 Å². The van der Waals surface area contributed by atoms with Crippen LogP contribution in [0.25, 0.3) is 10.9 Å². The van der Waals surface area contributed by atoms with E-state index in [1.54, 1.807) is 13.1 Å². The highest BCUT2D eigenvalue weighted by Crippen LogP contribution is 2.28. The number of hydrogen-bond donors (Lipinski definition) is 1. The van der Waals surface area contributed by atoms with Gasteiger partial charge < -0.3 is 14.8 Å². The number of halogens is 1. The smallest absolute Gasteiger partial charge is 0.251 e. The van der Waals surface area contributed by atoms with Gasteiger partial charge in [0.15, 0.2) is 0 Å². The molecular weight excluding hydrogens is 353 g/mol. The summed E-state index contributed by atoms with van der Waals surface area (Å²) in [4.78, 5) is 14.4. The lowest BCUT2D eigenvalue weighted by molar-refractivity contribution is 0.0963. The molecule has 1 saturated heterocycles. The first-order chi connectivity index (χ1) is 13.7. The maximum atomic E-state index is 13.8. The molecule has 28 heavy (non-hydrogen) atoms. The van der Waals surface area contributed by atoms with Crippen molar-refractivity contribution in [2.45, 2.75) is 25.3 Å². The Hall–Kier alpha value is -2.66. The summed E-state index contributed by atoms with van der Waals surface area (Å²) in [5.41, 5.74) is 2.60. The van der Waals surface area contributed by atoms with Crippen LogP contribution in [0.3, 0.4) is 0 Å². The Morgan fingerprint density at radius 1 is 1.14 bits per heavy atom. The Balaban J connectivity index is 1.41. The number of hydrogen-bond acceptors (Lipinski definition) is 2. The van der Waals surface area contributed by atoms with Crippen molar-refractivity contribution in [3.05, 3.63) is 71.7 Å². The van der Waals surface area contributed by atoms with E-state index >= 15 is 0 Å². The second-order valence-corrected chi connectivity index (χ2v) is 7.49. The predicted molar refractivity (Wildman–Crippen MR) is 110 cm³/mol. The number of fused-ring (bicyclic) bond motifs is 1. The second kappa shape index (κ2) is 8.15. The molecule has 0 radical (unpaired) electrons. The summed E-state index contributed by atoms with van der Waals surface area (Å²) < 4.78 is 16.1. The van der Waals surface area contributed by atoms with Gasteiger partial charge >= 0.3 is 0 Å². The molecule has 0 bridgehead atoms. The predicted octanol–water partition coefficient (Wildman–Crippen LogP) is 4.02. The Bertz CT molecular complexity index is 973. The maximum absolute atomic E-state index is 13.8. The summed E-state index contributed by atoms with van der Waals surface area (Å²) in [6, 6.07) is 15.5. The van der Waals surface area contributed by atoms with Gasteiger partial charge in [-0.05, 0) is 54.5 Å². The lowest BCUT2D eigenvalue weighted by atomic mass is 10.0. The Labute approximate surface area is 165 Å². The molecule has 2 heterocycles. The molecular formula is C23H26FN3O. The third-order valence-electron chi connectivity index (χ3n) is 5.82. The molecule has 1 aliphatic rings. The number of carbonyl (C=O) groups is 1. The topological polar surface area (TPSA) is 37.3 Å². The summed E-state index contributed by atoms with van der Waals surface area (Å²) >= 11 is 0. The van der Waals surface area contributed by atoms with Gasteiger partial charge in [0, 0.05) is 50.0 Å². The van der Waals surface area contributed by atoms with Crippen molar-refractivity contribution in [3.63, 3.8) is 0 Å². The Kier molecular flexibility index (Phi) is 5.44. The molecule has 0 spiro atoms. The number of amides is 1. The average molecular weight is 379 g/mol. The van der Waals surface area contributed by atoms with Crippen molar-refractivity contribution in [3.8, 4) is 0 Å². The van der Waals surface area contributed by atoms with Crippen LogP contribution in [-0.4, -0.2) is 42.1 Å². The van der Waals surface area contributed by atoms with Gasteiger partial charge in [-0.2, -0.15) is 0 Å². The summed E-state index contributed by atoms with van der Waals surface area (Å²) in [6.45, 7) is 2.91. The molecule has 0 aliphatic carbocycles. The van der Waals surface area contributed by atoms with E-state index in [0.717, 1.165) is 55.4 Å². The van der Waals surface area contributed by atoms with E-state index < -0.39 is 0 Å². The third kappa shape index (κ3) is 3.80. The van der Waals surface area contributed by atoms with Gasteiger partial charge in [-0.15, -0.1) is 0 Å². The standard InChI is InChI=1S/C23H26FN3O/c1-25-23(28)19-7-6-18-9-15-27(22(18)16-19)20-10-13-26(14-11-20)12-8-17-4-2-3-5-21(17)24/h2-7,9,15-16,20H,8,10-14H2,1H3,(H,25,28). The summed E-state index contributed by atoms with van der Waals surface area (Å²) in [7, 11) is 1.66. The van der Waals surface area contributed by atoms with Crippen LogP contribution in [0.2, 0.25) is 0 Å². The van der Waals surface area contributed by atoms with Gasteiger partial charge in [0.25, 0.3) is 5.91 Å². The van der Waals surface area contributed by atoms with Crippen LogP contribution in [0.4, 0.5) is 4.39 Å². The first-order valence-corrected chi connectivity index (χ1v) is 9.94. The summed E-state index contributed by atoms with van der Waals surface area (Å²) in [5.74, 6) is -0.166. The number of nitrogens with one attached hydrogen (secondary N) is 1. The van der Waals surface area contributed by atoms with Crippen LogP contribution in [0.5, 0.6) is 0 Å². The minimum atomic E-state index is -0.108. The molecule has 146 valence electrons. The number of carbonyl (C=O) groups excluding carboxylic acids is 1. The van der Waals surface area contributed by atoms with Crippen molar-refractivity contribution in [1.82, 2.24) is 14.8 Å². The summed E-state index contributed by atoms with van der Waals surface area (Å²) in [5, 5.41) is 3.85. The van der Waals surface area contributed by atoms with Crippen LogP contribution < -0.4 is 5.32 Å². The molecule has 0 atom stereocenters. The number of piperidine rings is 1. The number of benzene rings is 2. The Morgan fingerprint density at radius 2 is 1.93 bits per heavy atom. The zero-order valence-electron chi connectivity index (χ0n) is 16.2. The van der Waals surface area contributed by atoms with Crippen LogP contribution in [0.15, 0.2) is 54.7 Å². The van der Waals surface area contributed by atoms with E-state index in [1.807, 2.05) is 30.3 Å². The average Bonchev–Trinajstić information content (AvgIpc) is 3.16. The number of rotatable bonds is 5. The van der Waals surface area contributed by atoms with Crippen molar-refractivity contribution < 1.29 is 9.18 Å². The van der Waals surface area contributed by atoms with Gasteiger partial charge in [-0.3, -0.25) is 4.79 Å². The van der Waals surface area contributed by atoms with Crippen LogP contribution in [0.1, 0.15) is 34.8 Å². The molecule has 0 saturated carbocycles. The highest BCUT2D eigenvalue weighted by atomic mass is 19.1. The Morgan fingerprint density at radius 3 is 2.68 bits per heavy atom. The molecule has 1 amide bonds. The fourth-order valence-electron chi connectivity index (χ4n) is 4.15. The highest BCUT2D eigenvalue weighted by Gasteiger charge is 2.21. The van der Waals surface area contributed by atoms with Crippen molar-refractivity contribution in [2.75, 3.05) is 26.7 Å². The SMILES string of the molecule is CNC(=O)c1ccc2ccn(C3CCN(CCc4ccccc4F)CC3)c2c1. The van der Waals surface area contributed by atoms with Crippen molar-refractivity contribution >= 4 is 16.8 Å². The molecule has 2 aromatic carbocycles. The first-order valence-electron chi connectivity index (χ1n) is 9.94. The lowest BCUT2D eigenvalue weighted by Crippen LogP contribution is -2.35. The van der Waals surface area contributed by atoms with Crippen molar-refractivity contribution in [1.29, 1.82) is 0 Å². The number of nitrogens with zero attached hydrogens (tertiary/aromatic N) is 2. The molecule has 1 aromatic heterocycles. The lowest BCUT2D eigenvalue weighted by Gasteiger charge is -2.33. The fraction of sp³-hybridized carbons (Fsp3) is 0.348. The maximum Gasteiger partial charge on any atom is 0.251 e. The molecule has 5 heteroatoms. The molecule has 4 rings (SSSR count). The van der Waals surface area contributed by atoms with Gasteiger partial charge in [-0.1, -0.05) is 24.3 Å². The van der Waals surface area contributed by atoms with Gasteiger partial charge in [-0.25, -0.2) is 4.39 Å². The largest absolute Gasteiger partial charge is 0.355 e. The van der Waals surface area contributed by atoms with E-state index in [-0.39, 0.29) is 11.7 Å². The molecule has 1 aliphatic heterocycles. The third-order valence-corrected chi connectivity index (χ3v) is 5.82. The molecule has 4 nitrogen and oxygen atoms in total. The van der Waals surface area contributed by atoms with Gasteiger partial charge in [0.05, 0.1) is 0 Å². The van der Waals surface area contributed by atoms with E-state index in [9.17, 15) is 9.18 Å². The van der Waals surface area contributed by atoms with Crippen molar-refractivity contribution in [2.24, 2.45) is 0 Å². The highest BCUT2D eigenvalue weighted by molar-refractivity contribution is 5.97. The number of aromatic nitrogens is 1. The molecule has 0 unspecified atom stereocenters. The van der Waals surface area contributed by atoms with E-state index in [2.05, 4.69) is 27.0 Å². The zero-order valence-corrected chi connectivity index (χ0v) is 16.2. The van der Waals surface area contributed by atoms with Gasteiger partial charge in [0.2, 0.25) is 0 Å². The normalized spacial score (nSPS) is 15.8. The monoisotopic (exact) mass is 379 g/mol. The number of likely N-dealkylation sites (tertiary alicyclic amines) is 1. The summed E-state index contributed by atoms with van der Waals surface area (Å²) in [6.07, 6.45) is 5.01. The van der Waals surface area contributed by atoms with Gasteiger partial charge in [0.1, 0.15) is 5.82 Å². The second-order valence-electron chi connectivity index (χ2n) is 7.49. The van der Waals surface area contributed by atoms with E-state index in [0.29, 0.717) is 11.6 Å². The van der Waals surface area contributed by atoms with E-state index in [4.69, 9.17) is 0 Å². The minimum Gasteiger partial charge on any atom is -0.355 e. The molecule has 3 aromatic rings. The molecule has 1 N–H and O–H groups in total. The minimum absolute atomic E-state index is 0.0578. The molecule has 1 fully saturated rings. The van der Waals surface area contributed by atoms with Crippen LogP contribution in [-0.2, 0) is 6.42 Å². The van der Waals surface area contributed by atoms with E-state index in [1.165, 1.54) is 6.07 Å². The first kappa shape index (κ1) is 18.7. The fourth-order valence-corrected chi connectivity index (χ4v) is 4.15.